The zero-order chi connectivity index (χ0) is 21.0. The number of carbonyl (C=O) groups is 2. The maximum atomic E-state index is 12.6. The first kappa shape index (κ1) is 21.3. The zero-order valence-corrected chi connectivity index (χ0v) is 18.4. The molecular formula is C24H29NO3S. The van der Waals surface area contributed by atoms with Gasteiger partial charge in [0, 0.05) is 11.0 Å². The zero-order valence-electron chi connectivity index (χ0n) is 17.6. The van der Waals surface area contributed by atoms with Crippen molar-refractivity contribution in [2.45, 2.75) is 58.8 Å². The Morgan fingerprint density at radius 2 is 2.00 bits per heavy atom. The molecule has 1 amide bonds. The van der Waals surface area contributed by atoms with Crippen LogP contribution >= 0.6 is 11.3 Å². The van der Waals surface area contributed by atoms with Crippen molar-refractivity contribution in [1.29, 1.82) is 0 Å². The highest BCUT2D eigenvalue weighted by atomic mass is 32.1. The standard InChI is InChI=1S/C24H29NO3S/c1-5-28-24(27)22-21-16(4)7-6-8-19(21)29-23(22)25-20(26)14-11-17-9-12-18(13-10-17)15(2)3/h9-16H,5-8H2,1-4H3,(H,25,26)/b14-11+. The Kier molecular flexibility index (Phi) is 6.91. The molecule has 29 heavy (non-hydrogen) atoms. The van der Waals surface area contributed by atoms with Crippen molar-refractivity contribution in [3.63, 3.8) is 0 Å². The Hall–Kier alpha value is -2.40. The van der Waals surface area contributed by atoms with E-state index in [1.54, 1.807) is 13.0 Å². The summed E-state index contributed by atoms with van der Waals surface area (Å²) in [5.74, 6) is 0.192. The first-order valence-corrected chi connectivity index (χ1v) is 11.1. The molecule has 0 radical (unpaired) electrons. The summed E-state index contributed by atoms with van der Waals surface area (Å²) in [4.78, 5) is 26.3. The number of ether oxygens (including phenoxy) is 1. The molecule has 1 unspecified atom stereocenters. The van der Waals surface area contributed by atoms with Crippen molar-refractivity contribution in [1.82, 2.24) is 0 Å². The maximum absolute atomic E-state index is 12.6. The van der Waals surface area contributed by atoms with Crippen LogP contribution in [0.1, 0.15) is 84.3 Å². The third kappa shape index (κ3) is 4.96. The fourth-order valence-electron chi connectivity index (χ4n) is 3.72. The lowest BCUT2D eigenvalue weighted by Gasteiger charge is -2.19. The smallest absolute Gasteiger partial charge is 0.341 e. The predicted molar refractivity (Wildman–Crippen MR) is 120 cm³/mol. The van der Waals surface area contributed by atoms with Crippen molar-refractivity contribution in [2.24, 2.45) is 0 Å². The van der Waals surface area contributed by atoms with Gasteiger partial charge >= 0.3 is 5.97 Å². The number of hydrogen-bond acceptors (Lipinski definition) is 4. The van der Waals surface area contributed by atoms with Gasteiger partial charge in [0.25, 0.3) is 0 Å². The van der Waals surface area contributed by atoms with Crippen LogP contribution in [0.4, 0.5) is 5.00 Å². The SMILES string of the molecule is CCOC(=O)c1c(NC(=O)/C=C/c2ccc(C(C)C)cc2)sc2c1C(C)CCC2. The number of fused-ring (bicyclic) bond motifs is 1. The predicted octanol–water partition coefficient (Wildman–Crippen LogP) is 6.14. The van der Waals surface area contributed by atoms with Crippen molar-refractivity contribution < 1.29 is 14.3 Å². The monoisotopic (exact) mass is 411 g/mol. The number of anilines is 1. The topological polar surface area (TPSA) is 55.4 Å². The van der Waals surface area contributed by atoms with E-state index in [0.29, 0.717) is 29.0 Å². The number of thiophene rings is 1. The van der Waals surface area contributed by atoms with E-state index in [4.69, 9.17) is 4.74 Å². The normalized spacial score (nSPS) is 16.1. The number of benzene rings is 1. The average Bonchev–Trinajstić information content (AvgIpc) is 3.06. The summed E-state index contributed by atoms with van der Waals surface area (Å²) < 4.78 is 5.28. The fraction of sp³-hybridized carbons (Fsp3) is 0.417. The van der Waals surface area contributed by atoms with Gasteiger partial charge in [0.05, 0.1) is 12.2 Å². The van der Waals surface area contributed by atoms with Gasteiger partial charge in [-0.3, -0.25) is 4.79 Å². The average molecular weight is 412 g/mol. The van der Waals surface area contributed by atoms with Crippen LogP contribution in [-0.2, 0) is 16.0 Å². The first-order valence-electron chi connectivity index (χ1n) is 10.3. The second-order valence-electron chi connectivity index (χ2n) is 7.80. The molecule has 1 atom stereocenters. The maximum Gasteiger partial charge on any atom is 0.341 e. The molecule has 0 spiro atoms. The van der Waals surface area contributed by atoms with Crippen LogP contribution in [-0.4, -0.2) is 18.5 Å². The van der Waals surface area contributed by atoms with Crippen LogP contribution in [0, 0.1) is 0 Å². The minimum absolute atomic E-state index is 0.241. The third-order valence-corrected chi connectivity index (χ3v) is 6.48. The van der Waals surface area contributed by atoms with E-state index in [1.807, 2.05) is 12.1 Å². The number of rotatable bonds is 6. The quantitative estimate of drug-likeness (QED) is 0.459. The van der Waals surface area contributed by atoms with Crippen LogP contribution in [0.25, 0.3) is 6.08 Å². The lowest BCUT2D eigenvalue weighted by molar-refractivity contribution is -0.111. The Morgan fingerprint density at radius 3 is 2.66 bits per heavy atom. The van der Waals surface area contributed by atoms with E-state index in [1.165, 1.54) is 27.9 Å². The summed E-state index contributed by atoms with van der Waals surface area (Å²) in [6.07, 6.45) is 6.41. The van der Waals surface area contributed by atoms with E-state index in [0.717, 1.165) is 30.4 Å². The van der Waals surface area contributed by atoms with Gasteiger partial charge in [-0.25, -0.2) is 4.79 Å². The molecule has 0 fully saturated rings. The molecular weight excluding hydrogens is 382 g/mol. The lowest BCUT2D eigenvalue weighted by atomic mass is 9.86. The highest BCUT2D eigenvalue weighted by Gasteiger charge is 2.30. The molecule has 1 heterocycles. The van der Waals surface area contributed by atoms with E-state index >= 15 is 0 Å². The summed E-state index contributed by atoms with van der Waals surface area (Å²) in [6, 6.07) is 8.18. The molecule has 0 saturated carbocycles. The molecule has 1 N–H and O–H groups in total. The molecule has 1 aliphatic carbocycles. The summed E-state index contributed by atoms with van der Waals surface area (Å²) >= 11 is 1.51. The molecule has 2 aromatic rings. The Bertz CT molecular complexity index is 909. The number of carbonyl (C=O) groups excluding carboxylic acids is 2. The van der Waals surface area contributed by atoms with Crippen molar-refractivity contribution in [2.75, 3.05) is 11.9 Å². The highest BCUT2D eigenvalue weighted by molar-refractivity contribution is 7.17. The second kappa shape index (κ2) is 9.40. The summed E-state index contributed by atoms with van der Waals surface area (Å²) in [7, 11) is 0. The number of hydrogen-bond donors (Lipinski definition) is 1. The van der Waals surface area contributed by atoms with Gasteiger partial charge in [-0.15, -0.1) is 11.3 Å². The first-order chi connectivity index (χ1) is 13.9. The minimum atomic E-state index is -0.345. The van der Waals surface area contributed by atoms with E-state index < -0.39 is 0 Å². The summed E-state index contributed by atoms with van der Waals surface area (Å²) in [5, 5.41) is 3.52. The van der Waals surface area contributed by atoms with E-state index in [-0.39, 0.29) is 11.9 Å². The Balaban J connectivity index is 1.80. The molecule has 0 aliphatic heterocycles. The van der Waals surface area contributed by atoms with Crippen molar-refractivity contribution >= 4 is 34.3 Å². The van der Waals surface area contributed by atoms with Crippen LogP contribution in [0.3, 0.4) is 0 Å². The van der Waals surface area contributed by atoms with Crippen LogP contribution in [0.5, 0.6) is 0 Å². The van der Waals surface area contributed by atoms with Gasteiger partial charge in [0.2, 0.25) is 5.91 Å². The van der Waals surface area contributed by atoms with Gasteiger partial charge < -0.3 is 10.1 Å². The van der Waals surface area contributed by atoms with Gasteiger partial charge in [0.1, 0.15) is 5.00 Å². The Labute approximate surface area is 177 Å². The summed E-state index contributed by atoms with van der Waals surface area (Å²) in [6.45, 7) is 8.56. The largest absolute Gasteiger partial charge is 0.462 e. The fourth-order valence-corrected chi connectivity index (χ4v) is 5.08. The molecule has 5 heteroatoms. The second-order valence-corrected chi connectivity index (χ2v) is 8.91. The van der Waals surface area contributed by atoms with Crippen molar-refractivity contribution in [3.8, 4) is 0 Å². The van der Waals surface area contributed by atoms with Gasteiger partial charge in [-0.1, -0.05) is 45.0 Å². The van der Waals surface area contributed by atoms with E-state index in [2.05, 4.69) is 38.2 Å². The molecule has 3 rings (SSSR count). The molecule has 1 aromatic heterocycles. The number of amides is 1. The lowest BCUT2D eigenvalue weighted by Crippen LogP contribution is -2.15. The molecule has 0 saturated heterocycles. The minimum Gasteiger partial charge on any atom is -0.462 e. The van der Waals surface area contributed by atoms with Crippen LogP contribution < -0.4 is 5.32 Å². The Morgan fingerprint density at radius 1 is 1.28 bits per heavy atom. The summed E-state index contributed by atoms with van der Waals surface area (Å²) in [5.41, 5.74) is 3.84. The highest BCUT2D eigenvalue weighted by Crippen LogP contribution is 2.43. The number of esters is 1. The number of nitrogens with one attached hydrogen (secondary N) is 1. The van der Waals surface area contributed by atoms with Gasteiger partial charge in [-0.05, 0) is 60.8 Å². The molecule has 1 aliphatic rings. The van der Waals surface area contributed by atoms with Gasteiger partial charge in [0.15, 0.2) is 0 Å². The number of aryl methyl sites for hydroxylation is 1. The molecule has 154 valence electrons. The molecule has 4 nitrogen and oxygen atoms in total. The third-order valence-electron chi connectivity index (χ3n) is 5.30. The van der Waals surface area contributed by atoms with E-state index in [9.17, 15) is 9.59 Å². The van der Waals surface area contributed by atoms with Gasteiger partial charge in [-0.2, -0.15) is 0 Å². The van der Waals surface area contributed by atoms with Crippen LogP contribution in [0.2, 0.25) is 0 Å². The van der Waals surface area contributed by atoms with Crippen LogP contribution in [0.15, 0.2) is 30.3 Å². The molecule has 1 aromatic carbocycles. The molecule has 0 bridgehead atoms. The van der Waals surface area contributed by atoms with Crippen molar-refractivity contribution in [3.05, 3.63) is 57.5 Å².